The van der Waals surface area contributed by atoms with Crippen molar-refractivity contribution in [3.05, 3.63) is 68.8 Å². The molecule has 1 aliphatic heterocycles. The van der Waals surface area contributed by atoms with Crippen LogP contribution in [-0.2, 0) is 0 Å². The molecule has 0 radical (unpaired) electrons. The number of halogens is 2. The Balaban J connectivity index is 1.49. The molecular formula is C24H26BrClN4O. The summed E-state index contributed by atoms with van der Waals surface area (Å²) < 4.78 is 0.970. The van der Waals surface area contributed by atoms with Gasteiger partial charge in [0.15, 0.2) is 0 Å². The van der Waals surface area contributed by atoms with Gasteiger partial charge in [0, 0.05) is 53.1 Å². The first-order chi connectivity index (χ1) is 15.1. The number of fused-ring (bicyclic) bond motifs is 1. The molecule has 3 N–H and O–H groups in total. The maximum atomic E-state index is 13.1. The number of hydrogen-bond donors (Lipinski definition) is 3. The number of H-pyrrole nitrogens is 1. The molecular weight excluding hydrogens is 476 g/mol. The van der Waals surface area contributed by atoms with Crippen LogP contribution in [0.4, 0.5) is 0 Å². The average molecular weight is 502 g/mol. The van der Waals surface area contributed by atoms with Crippen molar-refractivity contribution in [3.8, 4) is 0 Å². The lowest BCUT2D eigenvalue weighted by Crippen LogP contribution is -2.44. The number of carbonyl (C=O) groups is 1. The van der Waals surface area contributed by atoms with Crippen LogP contribution in [0.25, 0.3) is 23.1 Å². The van der Waals surface area contributed by atoms with Gasteiger partial charge in [-0.25, -0.2) is 0 Å². The molecule has 0 spiro atoms. The number of aromatic nitrogens is 1. The number of rotatable bonds is 7. The fourth-order valence-electron chi connectivity index (χ4n) is 3.84. The molecule has 0 bridgehead atoms. The van der Waals surface area contributed by atoms with Crippen molar-refractivity contribution in [1.82, 2.24) is 20.5 Å². The van der Waals surface area contributed by atoms with E-state index in [2.05, 4.69) is 36.4 Å². The van der Waals surface area contributed by atoms with Crippen LogP contribution < -0.4 is 10.6 Å². The topological polar surface area (TPSA) is 60.2 Å². The van der Waals surface area contributed by atoms with Gasteiger partial charge in [-0.05, 0) is 48.9 Å². The number of carbonyl (C=O) groups excluding carboxylic acids is 1. The standard InChI is InChI=1S/C24H26BrClN4O/c25-18-5-8-20-22(16-18)29-21(9-4-17-2-6-19(26)7-3-17)23(20)24(31)28-10-1-13-30-14-11-27-12-15-30/h2-9,16,27,29H,1,10-15H2,(H,28,31)/b9-4+. The van der Waals surface area contributed by atoms with Gasteiger partial charge in [0.25, 0.3) is 5.91 Å². The molecule has 1 amide bonds. The predicted molar refractivity (Wildman–Crippen MR) is 133 cm³/mol. The van der Waals surface area contributed by atoms with E-state index < -0.39 is 0 Å². The molecule has 0 atom stereocenters. The van der Waals surface area contributed by atoms with Crippen LogP contribution in [0.1, 0.15) is 28.0 Å². The molecule has 31 heavy (non-hydrogen) atoms. The van der Waals surface area contributed by atoms with E-state index in [1.807, 2.05) is 54.6 Å². The van der Waals surface area contributed by atoms with Gasteiger partial charge in [0.1, 0.15) is 0 Å². The van der Waals surface area contributed by atoms with E-state index in [1.54, 1.807) is 0 Å². The normalized spacial score (nSPS) is 15.0. The number of aromatic amines is 1. The van der Waals surface area contributed by atoms with Crippen LogP contribution in [0, 0.1) is 0 Å². The second-order valence-corrected chi connectivity index (χ2v) is 9.04. The van der Waals surface area contributed by atoms with Crippen molar-refractivity contribution >= 4 is 56.5 Å². The largest absolute Gasteiger partial charge is 0.354 e. The number of nitrogens with zero attached hydrogens (tertiary/aromatic N) is 1. The first-order valence-corrected chi connectivity index (χ1v) is 11.7. The van der Waals surface area contributed by atoms with Gasteiger partial charge in [-0.3, -0.25) is 4.79 Å². The molecule has 0 unspecified atom stereocenters. The van der Waals surface area contributed by atoms with E-state index in [0.29, 0.717) is 17.1 Å². The highest BCUT2D eigenvalue weighted by molar-refractivity contribution is 9.10. The zero-order valence-corrected chi connectivity index (χ0v) is 19.6. The van der Waals surface area contributed by atoms with Gasteiger partial charge in [-0.15, -0.1) is 0 Å². The van der Waals surface area contributed by atoms with E-state index in [0.717, 1.165) is 65.8 Å². The van der Waals surface area contributed by atoms with E-state index in [4.69, 9.17) is 11.6 Å². The molecule has 7 heteroatoms. The number of piperazine rings is 1. The second-order valence-electron chi connectivity index (χ2n) is 7.69. The molecule has 162 valence electrons. The Morgan fingerprint density at radius 3 is 2.68 bits per heavy atom. The lowest BCUT2D eigenvalue weighted by atomic mass is 10.1. The van der Waals surface area contributed by atoms with Gasteiger partial charge in [-0.1, -0.05) is 51.8 Å². The number of amides is 1. The zero-order valence-electron chi connectivity index (χ0n) is 17.3. The Morgan fingerprint density at radius 1 is 1.13 bits per heavy atom. The van der Waals surface area contributed by atoms with Gasteiger partial charge in [0.2, 0.25) is 0 Å². The summed E-state index contributed by atoms with van der Waals surface area (Å²) in [5.74, 6) is -0.0513. The molecule has 3 aromatic rings. The van der Waals surface area contributed by atoms with E-state index in [-0.39, 0.29) is 5.91 Å². The van der Waals surface area contributed by atoms with Crippen LogP contribution in [-0.4, -0.2) is 55.1 Å². The minimum absolute atomic E-state index is 0.0513. The first-order valence-electron chi connectivity index (χ1n) is 10.6. The van der Waals surface area contributed by atoms with Gasteiger partial charge < -0.3 is 20.5 Å². The Labute approximate surface area is 196 Å². The Bertz CT molecular complexity index is 1070. The highest BCUT2D eigenvalue weighted by Gasteiger charge is 2.17. The molecule has 5 nitrogen and oxygen atoms in total. The Hall–Kier alpha value is -2.12. The minimum Gasteiger partial charge on any atom is -0.354 e. The van der Waals surface area contributed by atoms with Crippen LogP contribution >= 0.6 is 27.5 Å². The molecule has 1 aliphatic rings. The van der Waals surface area contributed by atoms with Gasteiger partial charge >= 0.3 is 0 Å². The second kappa shape index (κ2) is 10.5. The van der Waals surface area contributed by atoms with Crippen LogP contribution in [0.5, 0.6) is 0 Å². The SMILES string of the molecule is O=C(NCCCN1CCNCC1)c1c(/C=C/c2ccc(Cl)cc2)[nH]c2cc(Br)ccc12. The summed E-state index contributed by atoms with van der Waals surface area (Å²) in [7, 11) is 0. The molecule has 4 rings (SSSR count). The third-order valence-electron chi connectivity index (χ3n) is 5.48. The van der Waals surface area contributed by atoms with E-state index in [1.165, 1.54) is 0 Å². The molecule has 0 aliphatic carbocycles. The quantitative estimate of drug-likeness (QED) is 0.408. The molecule has 2 heterocycles. The number of hydrogen-bond acceptors (Lipinski definition) is 3. The summed E-state index contributed by atoms with van der Waals surface area (Å²) in [6.45, 7) is 5.90. The summed E-state index contributed by atoms with van der Waals surface area (Å²) in [4.78, 5) is 18.9. The summed E-state index contributed by atoms with van der Waals surface area (Å²) in [6.07, 6.45) is 4.87. The first kappa shape index (κ1) is 22.1. The molecule has 0 saturated carbocycles. The van der Waals surface area contributed by atoms with Crippen LogP contribution in [0.3, 0.4) is 0 Å². The van der Waals surface area contributed by atoms with E-state index in [9.17, 15) is 4.79 Å². The molecule has 1 saturated heterocycles. The molecule has 1 fully saturated rings. The van der Waals surface area contributed by atoms with Gasteiger partial charge in [0.05, 0.1) is 11.3 Å². The maximum Gasteiger partial charge on any atom is 0.254 e. The monoisotopic (exact) mass is 500 g/mol. The van der Waals surface area contributed by atoms with Crippen molar-refractivity contribution < 1.29 is 4.79 Å². The summed E-state index contributed by atoms with van der Waals surface area (Å²) >= 11 is 9.49. The smallest absolute Gasteiger partial charge is 0.254 e. The van der Waals surface area contributed by atoms with Crippen molar-refractivity contribution in [1.29, 1.82) is 0 Å². The average Bonchev–Trinajstić information content (AvgIpc) is 3.14. The highest BCUT2D eigenvalue weighted by atomic mass is 79.9. The molecule has 2 aromatic carbocycles. The third kappa shape index (κ3) is 5.77. The number of benzene rings is 2. The van der Waals surface area contributed by atoms with Crippen LogP contribution in [0.2, 0.25) is 5.02 Å². The lowest BCUT2D eigenvalue weighted by Gasteiger charge is -2.27. The zero-order chi connectivity index (χ0) is 21.6. The molecule has 1 aromatic heterocycles. The van der Waals surface area contributed by atoms with Crippen LogP contribution in [0.15, 0.2) is 46.9 Å². The predicted octanol–water partition coefficient (Wildman–Crippen LogP) is 4.78. The fourth-order valence-corrected chi connectivity index (χ4v) is 4.33. The van der Waals surface area contributed by atoms with Crippen molar-refractivity contribution in [2.45, 2.75) is 6.42 Å². The Kier molecular flexibility index (Phi) is 7.45. The van der Waals surface area contributed by atoms with E-state index >= 15 is 0 Å². The van der Waals surface area contributed by atoms with Crippen molar-refractivity contribution in [2.75, 3.05) is 39.3 Å². The Morgan fingerprint density at radius 2 is 1.90 bits per heavy atom. The minimum atomic E-state index is -0.0513. The van der Waals surface area contributed by atoms with Crippen molar-refractivity contribution in [3.63, 3.8) is 0 Å². The summed E-state index contributed by atoms with van der Waals surface area (Å²) in [6, 6.07) is 13.6. The van der Waals surface area contributed by atoms with Crippen molar-refractivity contribution in [2.24, 2.45) is 0 Å². The van der Waals surface area contributed by atoms with Gasteiger partial charge in [-0.2, -0.15) is 0 Å². The highest BCUT2D eigenvalue weighted by Crippen LogP contribution is 2.27. The maximum absolute atomic E-state index is 13.1. The third-order valence-corrected chi connectivity index (χ3v) is 6.22. The summed E-state index contributed by atoms with van der Waals surface area (Å²) in [5, 5.41) is 8.10. The summed E-state index contributed by atoms with van der Waals surface area (Å²) in [5.41, 5.74) is 3.42. The lowest BCUT2D eigenvalue weighted by molar-refractivity contribution is 0.0953. The fraction of sp³-hybridized carbons (Fsp3) is 0.292. The number of nitrogens with one attached hydrogen (secondary N) is 3.